The highest BCUT2D eigenvalue weighted by Crippen LogP contribution is 2.27. The molecule has 1 N–H and O–H groups in total. The molecule has 1 saturated heterocycles. The molecule has 1 aromatic heterocycles. The maximum atomic E-state index is 9.39. The number of aromatic nitrogens is 1. The number of rotatable bonds is 3. The molecule has 0 radical (unpaired) electrons. The van der Waals surface area contributed by atoms with Gasteiger partial charge in [-0.15, -0.1) is 0 Å². The Morgan fingerprint density at radius 2 is 2.43 bits per heavy atom. The van der Waals surface area contributed by atoms with E-state index in [1.165, 1.54) is 0 Å². The third kappa shape index (κ3) is 2.26. The van der Waals surface area contributed by atoms with Gasteiger partial charge in [-0.25, -0.2) is 4.98 Å². The van der Waals surface area contributed by atoms with E-state index in [1.54, 1.807) is 24.9 Å². The minimum absolute atomic E-state index is 0.421. The summed E-state index contributed by atoms with van der Waals surface area (Å²) >= 11 is 1.71. The van der Waals surface area contributed by atoms with Crippen LogP contribution in [0.2, 0.25) is 0 Å². The molecule has 0 amide bonds. The first-order valence-corrected chi connectivity index (χ1v) is 5.52. The fourth-order valence-corrected chi connectivity index (χ4v) is 2.20. The van der Waals surface area contributed by atoms with E-state index < -0.39 is 6.10 Å². The van der Waals surface area contributed by atoms with Gasteiger partial charge in [0.15, 0.2) is 0 Å². The number of pyridine rings is 1. The van der Waals surface area contributed by atoms with Crippen molar-refractivity contribution >= 4 is 11.8 Å². The molecule has 0 unspecified atom stereocenters. The van der Waals surface area contributed by atoms with Crippen LogP contribution in [0.3, 0.4) is 0 Å². The van der Waals surface area contributed by atoms with E-state index >= 15 is 0 Å². The molecule has 76 valence electrons. The summed E-state index contributed by atoms with van der Waals surface area (Å²) in [6.07, 6.45) is 1.32. The molecule has 4 heteroatoms. The van der Waals surface area contributed by atoms with Crippen LogP contribution < -0.4 is 0 Å². The predicted molar refractivity (Wildman–Crippen MR) is 55.3 cm³/mol. The lowest BCUT2D eigenvalue weighted by Gasteiger charge is -2.24. The van der Waals surface area contributed by atoms with Crippen LogP contribution in [0.5, 0.6) is 0 Å². The zero-order chi connectivity index (χ0) is 9.97. The number of hydrogen-bond donors (Lipinski definition) is 1. The van der Waals surface area contributed by atoms with Crippen molar-refractivity contribution in [3.8, 4) is 0 Å². The van der Waals surface area contributed by atoms with E-state index in [2.05, 4.69) is 4.98 Å². The van der Waals surface area contributed by atoms with Gasteiger partial charge in [0.05, 0.1) is 29.6 Å². The summed E-state index contributed by atoms with van der Waals surface area (Å²) in [5.74, 6) is 0. The average Bonchev–Trinajstić information content (AvgIpc) is 2.12. The Bertz CT molecular complexity index is 313. The van der Waals surface area contributed by atoms with Crippen molar-refractivity contribution in [1.82, 2.24) is 4.98 Å². The highest BCUT2D eigenvalue weighted by Gasteiger charge is 2.20. The van der Waals surface area contributed by atoms with Gasteiger partial charge in [-0.3, -0.25) is 0 Å². The first-order valence-electron chi connectivity index (χ1n) is 4.64. The lowest BCUT2D eigenvalue weighted by Crippen LogP contribution is -2.30. The summed E-state index contributed by atoms with van der Waals surface area (Å²) < 4.78 is 5.09. The van der Waals surface area contributed by atoms with Gasteiger partial charge >= 0.3 is 0 Å². The van der Waals surface area contributed by atoms with E-state index in [-0.39, 0.29) is 0 Å². The molecule has 1 aromatic rings. The van der Waals surface area contributed by atoms with E-state index in [1.807, 2.05) is 12.1 Å². The molecule has 1 aliphatic rings. The van der Waals surface area contributed by atoms with Crippen LogP contribution in [0.1, 0.15) is 18.6 Å². The second-order valence-corrected chi connectivity index (χ2v) is 4.70. The summed E-state index contributed by atoms with van der Waals surface area (Å²) in [5, 5.41) is 10.9. The summed E-state index contributed by atoms with van der Waals surface area (Å²) in [6, 6.07) is 3.78. The molecule has 0 saturated carbocycles. The minimum Gasteiger partial charge on any atom is -0.389 e. The topological polar surface area (TPSA) is 42.4 Å². The smallest absolute Gasteiger partial charge is 0.0967 e. The van der Waals surface area contributed by atoms with Crippen molar-refractivity contribution in [3.63, 3.8) is 0 Å². The first-order chi connectivity index (χ1) is 6.75. The molecule has 0 spiro atoms. The lowest BCUT2D eigenvalue weighted by molar-refractivity contribution is 0.0454. The standard InChI is InChI=1S/C10H13NO2S/c1-7(12)8-2-3-11-10(4-8)14-9-5-13-6-9/h2-4,7,9,12H,5-6H2,1H3/t7-/m1/s1. The second kappa shape index (κ2) is 4.29. The third-order valence-corrected chi connectivity index (χ3v) is 3.21. The normalized spacial score (nSPS) is 19.0. The van der Waals surface area contributed by atoms with Gasteiger partial charge in [-0.2, -0.15) is 0 Å². The summed E-state index contributed by atoms with van der Waals surface area (Å²) in [7, 11) is 0. The molecular weight excluding hydrogens is 198 g/mol. The van der Waals surface area contributed by atoms with Crippen LogP contribution in [-0.2, 0) is 4.74 Å². The summed E-state index contributed by atoms with van der Waals surface area (Å²) in [4.78, 5) is 4.24. The molecule has 0 aliphatic carbocycles. The summed E-state index contributed by atoms with van der Waals surface area (Å²) in [5.41, 5.74) is 0.919. The number of ether oxygens (including phenoxy) is 1. The van der Waals surface area contributed by atoms with Gasteiger partial charge in [-0.1, -0.05) is 11.8 Å². The molecule has 0 aromatic carbocycles. The monoisotopic (exact) mass is 211 g/mol. The Morgan fingerprint density at radius 1 is 1.64 bits per heavy atom. The van der Waals surface area contributed by atoms with E-state index in [0.717, 1.165) is 23.8 Å². The second-order valence-electron chi connectivity index (χ2n) is 3.38. The number of aliphatic hydroxyl groups is 1. The van der Waals surface area contributed by atoms with Crippen molar-refractivity contribution in [2.45, 2.75) is 23.3 Å². The Kier molecular flexibility index (Phi) is 3.05. The lowest BCUT2D eigenvalue weighted by atomic mass is 10.2. The van der Waals surface area contributed by atoms with E-state index in [9.17, 15) is 5.11 Å². The van der Waals surface area contributed by atoms with E-state index in [4.69, 9.17) is 4.74 Å². The number of aliphatic hydroxyl groups excluding tert-OH is 1. The zero-order valence-electron chi connectivity index (χ0n) is 8.01. The highest BCUT2D eigenvalue weighted by atomic mass is 32.2. The van der Waals surface area contributed by atoms with Crippen LogP contribution in [0.15, 0.2) is 23.4 Å². The molecule has 1 atom stereocenters. The van der Waals surface area contributed by atoms with Gasteiger partial charge < -0.3 is 9.84 Å². The van der Waals surface area contributed by atoms with Crippen LogP contribution in [0, 0.1) is 0 Å². The quantitative estimate of drug-likeness (QED) is 0.825. The Labute approximate surface area is 87.5 Å². The molecular formula is C10H13NO2S. The van der Waals surface area contributed by atoms with Gasteiger partial charge in [0.2, 0.25) is 0 Å². The van der Waals surface area contributed by atoms with Crippen molar-refractivity contribution in [2.75, 3.05) is 13.2 Å². The molecule has 2 rings (SSSR count). The van der Waals surface area contributed by atoms with Gasteiger partial charge in [0.1, 0.15) is 0 Å². The Morgan fingerprint density at radius 3 is 3.00 bits per heavy atom. The minimum atomic E-state index is -0.421. The maximum absolute atomic E-state index is 9.39. The van der Waals surface area contributed by atoms with Crippen LogP contribution >= 0.6 is 11.8 Å². The third-order valence-electron chi connectivity index (χ3n) is 2.14. The van der Waals surface area contributed by atoms with E-state index in [0.29, 0.717) is 5.25 Å². The highest BCUT2D eigenvalue weighted by molar-refractivity contribution is 8.00. The molecule has 3 nitrogen and oxygen atoms in total. The zero-order valence-corrected chi connectivity index (χ0v) is 8.83. The number of hydrogen-bond acceptors (Lipinski definition) is 4. The van der Waals surface area contributed by atoms with Crippen LogP contribution in [-0.4, -0.2) is 28.6 Å². The van der Waals surface area contributed by atoms with Crippen molar-refractivity contribution in [2.24, 2.45) is 0 Å². The van der Waals surface area contributed by atoms with Crippen LogP contribution in [0.25, 0.3) is 0 Å². The van der Waals surface area contributed by atoms with Gasteiger partial charge in [0.25, 0.3) is 0 Å². The fraction of sp³-hybridized carbons (Fsp3) is 0.500. The molecule has 1 fully saturated rings. The molecule has 14 heavy (non-hydrogen) atoms. The largest absolute Gasteiger partial charge is 0.389 e. The SMILES string of the molecule is C[C@@H](O)c1ccnc(SC2COC2)c1. The fourth-order valence-electron chi connectivity index (χ4n) is 1.20. The van der Waals surface area contributed by atoms with Crippen molar-refractivity contribution in [3.05, 3.63) is 23.9 Å². The number of nitrogens with zero attached hydrogens (tertiary/aromatic N) is 1. The van der Waals surface area contributed by atoms with Crippen molar-refractivity contribution in [1.29, 1.82) is 0 Å². The molecule has 2 heterocycles. The Balaban J connectivity index is 2.05. The Hall–Kier alpha value is -0.580. The first kappa shape index (κ1) is 9.96. The maximum Gasteiger partial charge on any atom is 0.0967 e. The molecule has 0 bridgehead atoms. The van der Waals surface area contributed by atoms with Gasteiger partial charge in [-0.05, 0) is 24.6 Å². The number of thioether (sulfide) groups is 1. The van der Waals surface area contributed by atoms with Gasteiger partial charge in [0, 0.05) is 6.20 Å². The van der Waals surface area contributed by atoms with Crippen LogP contribution in [0.4, 0.5) is 0 Å². The van der Waals surface area contributed by atoms with Crippen molar-refractivity contribution < 1.29 is 9.84 Å². The molecule has 1 aliphatic heterocycles. The summed E-state index contributed by atoms with van der Waals surface area (Å²) in [6.45, 7) is 3.38. The predicted octanol–water partition coefficient (Wildman–Crippen LogP) is 1.63. The average molecular weight is 211 g/mol.